The van der Waals surface area contributed by atoms with Crippen molar-refractivity contribution in [2.75, 3.05) is 6.54 Å². The van der Waals surface area contributed by atoms with Gasteiger partial charge < -0.3 is 14.6 Å². The second-order valence-corrected chi connectivity index (χ2v) is 5.96. The van der Waals surface area contributed by atoms with Crippen molar-refractivity contribution < 1.29 is 14.7 Å². The highest BCUT2D eigenvalue weighted by molar-refractivity contribution is 9.10. The van der Waals surface area contributed by atoms with Gasteiger partial charge in [0.05, 0.1) is 0 Å². The molecule has 2 rings (SSSR count). The van der Waals surface area contributed by atoms with Crippen LogP contribution < -0.4 is 5.56 Å². The molecule has 0 radical (unpaired) electrons. The molecular formula is C13H15BrN2O4. The first kappa shape index (κ1) is 14.8. The van der Waals surface area contributed by atoms with E-state index in [0.717, 1.165) is 0 Å². The summed E-state index contributed by atoms with van der Waals surface area (Å²) < 4.78 is 1.96. The minimum Gasteiger partial charge on any atom is -0.480 e. The van der Waals surface area contributed by atoms with Gasteiger partial charge in [0, 0.05) is 23.3 Å². The molecule has 1 aromatic rings. The summed E-state index contributed by atoms with van der Waals surface area (Å²) in [4.78, 5) is 36.6. The highest BCUT2D eigenvalue weighted by Crippen LogP contribution is 2.29. The number of carbonyl (C=O) groups is 2. The smallest absolute Gasteiger partial charge is 0.329 e. The zero-order valence-corrected chi connectivity index (χ0v) is 12.6. The van der Waals surface area contributed by atoms with Crippen molar-refractivity contribution in [3.8, 4) is 0 Å². The van der Waals surface area contributed by atoms with Crippen molar-refractivity contribution in [1.29, 1.82) is 0 Å². The van der Waals surface area contributed by atoms with Crippen molar-refractivity contribution in [2.45, 2.75) is 31.8 Å². The van der Waals surface area contributed by atoms with E-state index < -0.39 is 11.5 Å². The number of carboxylic acid groups (broad SMARTS) is 1. The molecule has 2 heterocycles. The molecule has 1 saturated heterocycles. The van der Waals surface area contributed by atoms with E-state index >= 15 is 0 Å². The Morgan fingerprint density at radius 1 is 1.45 bits per heavy atom. The molecule has 0 aliphatic carbocycles. The topological polar surface area (TPSA) is 79.6 Å². The van der Waals surface area contributed by atoms with Crippen molar-refractivity contribution in [3.63, 3.8) is 0 Å². The number of aliphatic carboxylic acids is 1. The quantitative estimate of drug-likeness (QED) is 0.891. The number of hydrogen-bond donors (Lipinski definition) is 1. The van der Waals surface area contributed by atoms with Gasteiger partial charge in [-0.2, -0.15) is 0 Å². The molecule has 0 aromatic carbocycles. The Bertz CT molecular complexity index is 613. The summed E-state index contributed by atoms with van der Waals surface area (Å²) in [5.41, 5.74) is -1.47. The molecule has 6 nitrogen and oxygen atoms in total. The molecular weight excluding hydrogens is 328 g/mol. The Hall–Kier alpha value is -1.63. The van der Waals surface area contributed by atoms with E-state index in [1.165, 1.54) is 21.7 Å². The number of carbonyl (C=O) groups excluding carboxylic acids is 1. The zero-order valence-electron chi connectivity index (χ0n) is 11.0. The lowest BCUT2D eigenvalue weighted by Crippen LogP contribution is -2.52. The summed E-state index contributed by atoms with van der Waals surface area (Å²) in [6.45, 7) is 1.80. The average molecular weight is 343 g/mol. The van der Waals surface area contributed by atoms with E-state index in [4.69, 9.17) is 0 Å². The second-order valence-electron chi connectivity index (χ2n) is 5.04. The summed E-state index contributed by atoms with van der Waals surface area (Å²) in [5, 5.41) is 9.29. The summed E-state index contributed by atoms with van der Waals surface area (Å²) in [7, 11) is 0. The molecule has 1 aliphatic heterocycles. The van der Waals surface area contributed by atoms with Crippen LogP contribution in [0.2, 0.25) is 0 Å². The Kier molecular flexibility index (Phi) is 3.99. The predicted octanol–water partition coefficient (Wildman–Crippen LogP) is 1.08. The number of halogens is 1. The molecule has 0 bridgehead atoms. The number of aromatic nitrogens is 1. The van der Waals surface area contributed by atoms with Crippen LogP contribution in [0.1, 0.15) is 19.8 Å². The molecule has 1 atom stereocenters. The number of carboxylic acids is 1. The number of likely N-dealkylation sites (tertiary alicyclic amines) is 1. The van der Waals surface area contributed by atoms with Gasteiger partial charge in [0.1, 0.15) is 12.1 Å². The summed E-state index contributed by atoms with van der Waals surface area (Å²) in [6.07, 6.45) is 2.61. The fourth-order valence-electron chi connectivity index (χ4n) is 2.44. The van der Waals surface area contributed by atoms with Crippen LogP contribution in [0.4, 0.5) is 0 Å². The van der Waals surface area contributed by atoms with E-state index in [0.29, 0.717) is 23.9 Å². The SMILES string of the molecule is CC1(C(=O)O)CCCN1C(=O)Cn1cc(Br)ccc1=O. The first-order valence-electron chi connectivity index (χ1n) is 6.24. The third-order valence-corrected chi connectivity index (χ3v) is 4.12. The van der Waals surface area contributed by atoms with Crippen molar-refractivity contribution in [1.82, 2.24) is 9.47 Å². The lowest BCUT2D eigenvalue weighted by atomic mass is 9.99. The van der Waals surface area contributed by atoms with Crippen LogP contribution in [0.15, 0.2) is 27.6 Å². The zero-order chi connectivity index (χ0) is 14.9. The fraction of sp³-hybridized carbons (Fsp3) is 0.462. The third-order valence-electron chi connectivity index (χ3n) is 3.66. The molecule has 1 fully saturated rings. The maximum atomic E-state index is 12.3. The lowest BCUT2D eigenvalue weighted by molar-refractivity contribution is -0.155. The number of hydrogen-bond acceptors (Lipinski definition) is 3. The molecule has 0 spiro atoms. The fourth-order valence-corrected chi connectivity index (χ4v) is 2.82. The standard InChI is InChI=1S/C13H15BrN2O4/c1-13(12(19)20)5-2-6-16(13)11(18)8-15-7-9(14)3-4-10(15)17/h3-4,7H,2,5-6,8H2,1H3,(H,19,20). The Labute approximate surface area is 124 Å². The van der Waals surface area contributed by atoms with Crippen LogP contribution in [0.25, 0.3) is 0 Å². The molecule has 1 unspecified atom stereocenters. The van der Waals surface area contributed by atoms with Gasteiger partial charge in [0.25, 0.3) is 5.56 Å². The molecule has 108 valence electrons. The van der Waals surface area contributed by atoms with Crippen LogP contribution in [0.5, 0.6) is 0 Å². The maximum absolute atomic E-state index is 12.3. The normalized spacial score (nSPS) is 22.0. The second kappa shape index (κ2) is 5.40. The van der Waals surface area contributed by atoms with Gasteiger partial charge in [-0.25, -0.2) is 4.79 Å². The summed E-state index contributed by atoms with van der Waals surface area (Å²) >= 11 is 3.24. The van der Waals surface area contributed by atoms with Crippen LogP contribution in [0, 0.1) is 0 Å². The molecule has 1 amide bonds. The van der Waals surface area contributed by atoms with Gasteiger partial charge in [-0.3, -0.25) is 9.59 Å². The predicted molar refractivity (Wildman–Crippen MR) is 75.4 cm³/mol. The largest absolute Gasteiger partial charge is 0.480 e. The van der Waals surface area contributed by atoms with Crippen LogP contribution in [-0.2, 0) is 16.1 Å². The van der Waals surface area contributed by atoms with E-state index in [2.05, 4.69) is 15.9 Å². The van der Waals surface area contributed by atoms with E-state index in [-0.39, 0.29) is 18.0 Å². The average Bonchev–Trinajstić information content (AvgIpc) is 2.77. The molecule has 1 aliphatic rings. The van der Waals surface area contributed by atoms with Gasteiger partial charge in [-0.1, -0.05) is 0 Å². The summed E-state index contributed by atoms with van der Waals surface area (Å²) in [6, 6.07) is 2.96. The molecule has 7 heteroatoms. The number of pyridine rings is 1. The molecule has 1 aromatic heterocycles. The van der Waals surface area contributed by atoms with Crippen molar-refractivity contribution in [2.24, 2.45) is 0 Å². The molecule has 1 N–H and O–H groups in total. The van der Waals surface area contributed by atoms with Gasteiger partial charge in [0.2, 0.25) is 5.91 Å². The molecule has 20 heavy (non-hydrogen) atoms. The van der Waals surface area contributed by atoms with E-state index in [1.54, 1.807) is 13.0 Å². The van der Waals surface area contributed by atoms with Gasteiger partial charge >= 0.3 is 5.97 Å². The first-order valence-corrected chi connectivity index (χ1v) is 7.04. The van der Waals surface area contributed by atoms with E-state index in [9.17, 15) is 19.5 Å². The Morgan fingerprint density at radius 2 is 2.15 bits per heavy atom. The number of rotatable bonds is 3. The van der Waals surface area contributed by atoms with Crippen LogP contribution in [0.3, 0.4) is 0 Å². The van der Waals surface area contributed by atoms with E-state index in [1.807, 2.05) is 0 Å². The van der Waals surface area contributed by atoms with Gasteiger partial charge in [-0.05, 0) is 41.8 Å². The monoisotopic (exact) mass is 342 g/mol. The van der Waals surface area contributed by atoms with Crippen molar-refractivity contribution in [3.05, 3.63) is 33.2 Å². The number of amides is 1. The minimum absolute atomic E-state index is 0.152. The number of nitrogens with zero attached hydrogens (tertiary/aromatic N) is 2. The Morgan fingerprint density at radius 3 is 2.80 bits per heavy atom. The maximum Gasteiger partial charge on any atom is 0.329 e. The lowest BCUT2D eigenvalue weighted by Gasteiger charge is -2.31. The van der Waals surface area contributed by atoms with Crippen LogP contribution >= 0.6 is 15.9 Å². The van der Waals surface area contributed by atoms with Gasteiger partial charge in [-0.15, -0.1) is 0 Å². The van der Waals surface area contributed by atoms with Gasteiger partial charge in [0.15, 0.2) is 0 Å². The minimum atomic E-state index is -1.17. The Balaban J connectivity index is 2.22. The highest BCUT2D eigenvalue weighted by Gasteiger charge is 2.45. The van der Waals surface area contributed by atoms with Crippen molar-refractivity contribution >= 4 is 27.8 Å². The first-order chi connectivity index (χ1) is 9.34. The highest BCUT2D eigenvalue weighted by atomic mass is 79.9. The summed E-state index contributed by atoms with van der Waals surface area (Å²) in [5.74, 6) is -1.36. The molecule has 0 saturated carbocycles. The van der Waals surface area contributed by atoms with Crippen LogP contribution in [-0.4, -0.2) is 38.5 Å². The third kappa shape index (κ3) is 2.63.